The maximum Gasteiger partial charge on any atom is 0.264 e. The molecule has 0 saturated carbocycles. The molecule has 1 aromatic carbocycles. The van der Waals surface area contributed by atoms with Gasteiger partial charge in [0.25, 0.3) is 5.91 Å². The highest BCUT2D eigenvalue weighted by atomic mass is 32.1. The van der Waals surface area contributed by atoms with Crippen LogP contribution in [-0.4, -0.2) is 27.8 Å². The van der Waals surface area contributed by atoms with Gasteiger partial charge in [0.1, 0.15) is 10.7 Å². The molecule has 26 heavy (non-hydrogen) atoms. The quantitative estimate of drug-likeness (QED) is 0.663. The minimum atomic E-state index is -0.120. The molecule has 0 aliphatic heterocycles. The third kappa shape index (κ3) is 3.49. The van der Waals surface area contributed by atoms with Crippen LogP contribution in [0.25, 0.3) is 10.2 Å². The predicted molar refractivity (Wildman–Crippen MR) is 108 cm³/mol. The van der Waals surface area contributed by atoms with E-state index >= 15 is 0 Å². The Morgan fingerprint density at radius 2 is 1.77 bits per heavy atom. The molecule has 0 N–H and O–H groups in total. The molecular weight excluding hydrogens is 342 g/mol. The lowest BCUT2D eigenvalue weighted by atomic mass is 9.95. The topological polar surface area (TPSA) is 46.1 Å². The molecule has 1 amide bonds. The SMILES string of the molecule is Cc1nc(C(C)(C)C)nc2sc(C(=O)N(C)Cc3ccccc3)c(C)c12. The first-order valence-corrected chi connectivity index (χ1v) is 9.57. The normalized spacial score (nSPS) is 11.8. The van der Waals surface area contributed by atoms with Crippen molar-refractivity contribution in [3.63, 3.8) is 0 Å². The summed E-state index contributed by atoms with van der Waals surface area (Å²) in [6, 6.07) is 10.0. The van der Waals surface area contributed by atoms with Crippen LogP contribution in [-0.2, 0) is 12.0 Å². The lowest BCUT2D eigenvalue weighted by Gasteiger charge is -2.17. The summed E-state index contributed by atoms with van der Waals surface area (Å²) in [5.74, 6) is 0.853. The van der Waals surface area contributed by atoms with Crippen molar-refractivity contribution in [3.8, 4) is 0 Å². The standard InChI is InChI=1S/C21H25N3OS/c1-13-16-14(2)22-20(21(3,4)5)23-18(16)26-17(13)19(25)24(6)12-15-10-8-7-9-11-15/h7-11H,12H2,1-6H3. The van der Waals surface area contributed by atoms with Crippen LogP contribution in [0.4, 0.5) is 0 Å². The summed E-state index contributed by atoms with van der Waals surface area (Å²) in [5.41, 5.74) is 2.92. The van der Waals surface area contributed by atoms with Crippen LogP contribution in [0.15, 0.2) is 30.3 Å². The van der Waals surface area contributed by atoms with Crippen molar-refractivity contribution in [2.24, 2.45) is 0 Å². The number of benzene rings is 1. The van der Waals surface area contributed by atoms with Crippen molar-refractivity contribution in [1.29, 1.82) is 0 Å². The summed E-state index contributed by atoms with van der Waals surface area (Å²) < 4.78 is 0. The van der Waals surface area contributed by atoms with Gasteiger partial charge in [-0.2, -0.15) is 0 Å². The molecule has 3 rings (SSSR count). The van der Waals surface area contributed by atoms with Crippen LogP contribution >= 0.6 is 11.3 Å². The molecule has 0 saturated heterocycles. The maximum atomic E-state index is 13.0. The fraction of sp³-hybridized carbons (Fsp3) is 0.381. The van der Waals surface area contributed by atoms with E-state index in [1.54, 1.807) is 4.90 Å². The summed E-state index contributed by atoms with van der Waals surface area (Å²) in [6.45, 7) is 10.9. The van der Waals surface area contributed by atoms with Crippen LogP contribution in [0.1, 0.15) is 53.1 Å². The van der Waals surface area contributed by atoms with Gasteiger partial charge in [0.15, 0.2) is 0 Å². The average molecular weight is 368 g/mol. The molecular formula is C21H25N3OS. The van der Waals surface area contributed by atoms with Gasteiger partial charge in [-0.25, -0.2) is 9.97 Å². The lowest BCUT2D eigenvalue weighted by Crippen LogP contribution is -2.25. The predicted octanol–water partition coefficient (Wildman–Crippen LogP) is 4.88. The summed E-state index contributed by atoms with van der Waals surface area (Å²) in [5, 5.41) is 1.01. The zero-order valence-electron chi connectivity index (χ0n) is 16.3. The van der Waals surface area contributed by atoms with E-state index in [0.29, 0.717) is 6.54 Å². The van der Waals surface area contributed by atoms with E-state index in [1.807, 2.05) is 51.2 Å². The first kappa shape index (κ1) is 18.5. The van der Waals surface area contributed by atoms with Crippen molar-refractivity contribution < 1.29 is 4.79 Å². The third-order valence-corrected chi connectivity index (χ3v) is 5.62. The molecule has 0 atom stereocenters. The lowest BCUT2D eigenvalue weighted by molar-refractivity contribution is 0.0789. The van der Waals surface area contributed by atoms with Crippen molar-refractivity contribution in [2.45, 2.75) is 46.6 Å². The Morgan fingerprint density at radius 1 is 1.12 bits per heavy atom. The van der Waals surface area contributed by atoms with Crippen LogP contribution in [0.3, 0.4) is 0 Å². The number of carbonyl (C=O) groups excluding carboxylic acids is 1. The van der Waals surface area contributed by atoms with Gasteiger partial charge in [0.2, 0.25) is 0 Å². The Balaban J connectivity index is 1.98. The minimum Gasteiger partial charge on any atom is -0.337 e. The van der Waals surface area contributed by atoms with E-state index in [2.05, 4.69) is 25.8 Å². The molecule has 2 heterocycles. The zero-order chi connectivity index (χ0) is 19.1. The van der Waals surface area contributed by atoms with Gasteiger partial charge in [0.05, 0.1) is 10.6 Å². The van der Waals surface area contributed by atoms with Crippen molar-refractivity contribution in [1.82, 2.24) is 14.9 Å². The van der Waals surface area contributed by atoms with E-state index in [4.69, 9.17) is 4.98 Å². The Labute approximate surface area is 158 Å². The highest BCUT2D eigenvalue weighted by Gasteiger charge is 2.24. The first-order valence-electron chi connectivity index (χ1n) is 8.76. The van der Waals surface area contributed by atoms with Crippen LogP contribution in [0.5, 0.6) is 0 Å². The highest BCUT2D eigenvalue weighted by molar-refractivity contribution is 7.20. The molecule has 0 radical (unpaired) electrons. The molecule has 5 heteroatoms. The Kier molecular flexibility index (Phi) is 4.84. The van der Waals surface area contributed by atoms with Gasteiger partial charge in [0, 0.05) is 24.4 Å². The molecule has 4 nitrogen and oxygen atoms in total. The summed E-state index contributed by atoms with van der Waals surface area (Å²) >= 11 is 1.47. The Bertz CT molecular complexity index is 955. The van der Waals surface area contributed by atoms with Gasteiger partial charge in [-0.3, -0.25) is 4.79 Å². The minimum absolute atomic E-state index is 0.0334. The molecule has 3 aromatic rings. The average Bonchev–Trinajstić information content (AvgIpc) is 2.91. The molecule has 136 valence electrons. The molecule has 2 aromatic heterocycles. The van der Waals surface area contributed by atoms with Gasteiger partial charge in [-0.1, -0.05) is 51.1 Å². The van der Waals surface area contributed by atoms with E-state index in [-0.39, 0.29) is 11.3 Å². The molecule has 0 aliphatic rings. The summed E-state index contributed by atoms with van der Waals surface area (Å²) in [7, 11) is 1.85. The highest BCUT2D eigenvalue weighted by Crippen LogP contribution is 2.33. The van der Waals surface area contributed by atoms with Crippen LogP contribution < -0.4 is 0 Å². The number of aromatic nitrogens is 2. The molecule has 0 bridgehead atoms. The number of hydrogen-bond donors (Lipinski definition) is 0. The summed E-state index contributed by atoms with van der Waals surface area (Å²) in [6.07, 6.45) is 0. The molecule has 0 spiro atoms. The van der Waals surface area contributed by atoms with Crippen LogP contribution in [0, 0.1) is 13.8 Å². The van der Waals surface area contributed by atoms with Gasteiger partial charge in [-0.05, 0) is 25.0 Å². The maximum absolute atomic E-state index is 13.0. The number of hydrogen-bond acceptors (Lipinski definition) is 4. The first-order chi connectivity index (χ1) is 12.2. The monoisotopic (exact) mass is 367 g/mol. The number of nitrogens with zero attached hydrogens (tertiary/aromatic N) is 3. The van der Waals surface area contributed by atoms with Crippen LogP contribution in [0.2, 0.25) is 0 Å². The fourth-order valence-corrected chi connectivity index (χ4v) is 4.21. The second-order valence-corrected chi connectivity index (χ2v) is 8.76. The third-order valence-electron chi connectivity index (χ3n) is 4.45. The Morgan fingerprint density at radius 3 is 2.38 bits per heavy atom. The number of amides is 1. The van der Waals surface area contributed by atoms with Crippen molar-refractivity contribution in [2.75, 3.05) is 7.05 Å². The second kappa shape index (κ2) is 6.80. The van der Waals surface area contributed by atoms with E-state index < -0.39 is 0 Å². The summed E-state index contributed by atoms with van der Waals surface area (Å²) in [4.78, 5) is 25.9. The van der Waals surface area contributed by atoms with Gasteiger partial charge < -0.3 is 4.90 Å². The molecule has 0 aliphatic carbocycles. The fourth-order valence-electron chi connectivity index (χ4n) is 2.98. The smallest absolute Gasteiger partial charge is 0.264 e. The van der Waals surface area contributed by atoms with Gasteiger partial charge >= 0.3 is 0 Å². The van der Waals surface area contributed by atoms with Crippen molar-refractivity contribution >= 4 is 27.5 Å². The van der Waals surface area contributed by atoms with Crippen molar-refractivity contribution in [3.05, 3.63) is 57.9 Å². The Hall–Kier alpha value is -2.27. The van der Waals surface area contributed by atoms with E-state index in [0.717, 1.165) is 37.7 Å². The zero-order valence-corrected chi connectivity index (χ0v) is 17.1. The number of thiophene rings is 1. The van der Waals surface area contributed by atoms with Gasteiger partial charge in [-0.15, -0.1) is 11.3 Å². The second-order valence-electron chi connectivity index (χ2n) is 7.77. The number of fused-ring (bicyclic) bond motifs is 1. The molecule has 0 fully saturated rings. The largest absolute Gasteiger partial charge is 0.337 e. The number of carbonyl (C=O) groups is 1. The van der Waals surface area contributed by atoms with E-state index in [1.165, 1.54) is 11.3 Å². The molecule has 0 unspecified atom stereocenters. The van der Waals surface area contributed by atoms with E-state index in [9.17, 15) is 4.79 Å². The number of aryl methyl sites for hydroxylation is 2. The number of rotatable bonds is 3.